The summed E-state index contributed by atoms with van der Waals surface area (Å²) in [6, 6.07) is 13.8. The lowest BCUT2D eigenvalue weighted by atomic mass is 10.2. The summed E-state index contributed by atoms with van der Waals surface area (Å²) in [5, 5.41) is 0.702. The Balaban J connectivity index is 2.38. The van der Waals surface area contributed by atoms with Gasteiger partial charge in [-0.1, -0.05) is 47.6 Å². The maximum absolute atomic E-state index is 6.13. The lowest BCUT2D eigenvalue weighted by Crippen LogP contribution is -1.89. The Bertz CT molecular complexity index is 491. The fourth-order valence-corrected chi connectivity index (χ4v) is 2.66. The van der Waals surface area contributed by atoms with Gasteiger partial charge in [-0.05, 0) is 30.7 Å². The molecule has 0 aliphatic heterocycles. The Morgan fingerprint density at radius 2 is 1.81 bits per heavy atom. The number of hydrogen-bond donors (Lipinski definition) is 1. The van der Waals surface area contributed by atoms with Crippen molar-refractivity contribution in [2.75, 3.05) is 5.73 Å². The van der Waals surface area contributed by atoms with Gasteiger partial charge < -0.3 is 5.73 Å². The molecule has 0 heterocycles. The molecule has 0 aliphatic carbocycles. The second-order valence-corrected chi connectivity index (χ2v) is 4.99. The molecule has 2 N–H and O–H groups in total. The van der Waals surface area contributed by atoms with Crippen LogP contribution in [0.4, 0.5) is 5.69 Å². The van der Waals surface area contributed by atoms with Crippen molar-refractivity contribution in [1.29, 1.82) is 0 Å². The summed E-state index contributed by atoms with van der Waals surface area (Å²) in [6.07, 6.45) is 0. The molecule has 82 valence electrons. The van der Waals surface area contributed by atoms with Crippen molar-refractivity contribution >= 4 is 29.1 Å². The molecule has 0 fully saturated rings. The Labute approximate surface area is 105 Å². The Kier molecular flexibility index (Phi) is 3.42. The molecule has 0 unspecified atom stereocenters. The predicted octanol–water partition coefficient (Wildman–Crippen LogP) is 4.38. The van der Waals surface area contributed by atoms with E-state index in [4.69, 9.17) is 17.3 Å². The van der Waals surface area contributed by atoms with Crippen LogP contribution in [0, 0.1) is 6.92 Å². The molecule has 0 amide bonds. The summed E-state index contributed by atoms with van der Waals surface area (Å²) >= 11 is 7.74. The van der Waals surface area contributed by atoms with Crippen molar-refractivity contribution in [2.45, 2.75) is 16.7 Å². The molecule has 0 saturated carbocycles. The molecule has 0 aromatic heterocycles. The first-order valence-corrected chi connectivity index (χ1v) is 6.15. The summed E-state index contributed by atoms with van der Waals surface area (Å²) in [5.41, 5.74) is 7.87. The van der Waals surface area contributed by atoms with E-state index in [2.05, 4.69) is 19.1 Å². The van der Waals surface area contributed by atoms with Crippen molar-refractivity contribution in [2.24, 2.45) is 0 Å². The average molecular weight is 250 g/mol. The van der Waals surface area contributed by atoms with E-state index >= 15 is 0 Å². The van der Waals surface area contributed by atoms with Gasteiger partial charge in [0.05, 0.1) is 9.92 Å². The van der Waals surface area contributed by atoms with Crippen LogP contribution in [0.2, 0.25) is 5.02 Å². The highest BCUT2D eigenvalue weighted by atomic mass is 35.5. The first-order valence-electron chi connectivity index (χ1n) is 4.96. The van der Waals surface area contributed by atoms with E-state index in [1.54, 1.807) is 11.8 Å². The minimum atomic E-state index is 0.702. The third-order valence-electron chi connectivity index (χ3n) is 2.30. The maximum Gasteiger partial charge on any atom is 0.0566 e. The van der Waals surface area contributed by atoms with Crippen LogP contribution in [0.25, 0.3) is 0 Å². The zero-order valence-corrected chi connectivity index (χ0v) is 10.5. The molecular weight excluding hydrogens is 238 g/mol. The summed E-state index contributed by atoms with van der Waals surface area (Å²) < 4.78 is 0. The molecule has 0 radical (unpaired) electrons. The maximum atomic E-state index is 6.13. The number of rotatable bonds is 2. The predicted molar refractivity (Wildman–Crippen MR) is 71.2 cm³/mol. The summed E-state index contributed by atoms with van der Waals surface area (Å²) in [4.78, 5) is 2.11. The normalized spacial score (nSPS) is 10.4. The van der Waals surface area contributed by atoms with Gasteiger partial charge in [0.15, 0.2) is 0 Å². The molecular formula is C13H12ClNS. The molecule has 0 aliphatic rings. The number of anilines is 1. The smallest absolute Gasteiger partial charge is 0.0566 e. The SMILES string of the molecule is Cc1ccccc1Sc1c(N)cccc1Cl. The second kappa shape index (κ2) is 4.81. The van der Waals surface area contributed by atoms with Gasteiger partial charge in [-0.15, -0.1) is 0 Å². The quantitative estimate of drug-likeness (QED) is 0.800. The van der Waals surface area contributed by atoms with E-state index in [-0.39, 0.29) is 0 Å². The summed E-state index contributed by atoms with van der Waals surface area (Å²) in [6.45, 7) is 2.08. The van der Waals surface area contributed by atoms with E-state index in [0.717, 1.165) is 10.6 Å². The van der Waals surface area contributed by atoms with Crippen molar-refractivity contribution in [3.63, 3.8) is 0 Å². The molecule has 2 aromatic carbocycles. The highest BCUT2D eigenvalue weighted by Gasteiger charge is 2.07. The first kappa shape index (κ1) is 11.4. The molecule has 2 aromatic rings. The monoisotopic (exact) mass is 249 g/mol. The van der Waals surface area contributed by atoms with Gasteiger partial charge >= 0.3 is 0 Å². The third-order valence-corrected chi connectivity index (χ3v) is 4.07. The Morgan fingerprint density at radius 3 is 2.50 bits per heavy atom. The molecule has 0 spiro atoms. The number of aryl methyl sites for hydroxylation is 1. The van der Waals surface area contributed by atoms with Gasteiger partial charge in [0.25, 0.3) is 0 Å². The topological polar surface area (TPSA) is 26.0 Å². The largest absolute Gasteiger partial charge is 0.398 e. The summed E-state index contributed by atoms with van der Waals surface area (Å²) in [7, 11) is 0. The van der Waals surface area contributed by atoms with Crippen LogP contribution in [0.5, 0.6) is 0 Å². The van der Waals surface area contributed by atoms with E-state index in [1.165, 1.54) is 10.5 Å². The van der Waals surface area contributed by atoms with Crippen molar-refractivity contribution in [1.82, 2.24) is 0 Å². The molecule has 2 rings (SSSR count). The Hall–Kier alpha value is -1.12. The van der Waals surface area contributed by atoms with Crippen LogP contribution in [0.3, 0.4) is 0 Å². The number of hydrogen-bond acceptors (Lipinski definition) is 2. The minimum absolute atomic E-state index is 0.702. The highest BCUT2D eigenvalue weighted by molar-refractivity contribution is 7.99. The second-order valence-electron chi connectivity index (χ2n) is 3.53. The van der Waals surface area contributed by atoms with Gasteiger partial charge in [-0.3, -0.25) is 0 Å². The summed E-state index contributed by atoms with van der Waals surface area (Å²) in [5.74, 6) is 0. The highest BCUT2D eigenvalue weighted by Crippen LogP contribution is 2.38. The van der Waals surface area contributed by atoms with Crippen LogP contribution in [-0.2, 0) is 0 Å². The van der Waals surface area contributed by atoms with Crippen molar-refractivity contribution in [3.8, 4) is 0 Å². The molecule has 1 nitrogen and oxygen atoms in total. The van der Waals surface area contributed by atoms with Crippen LogP contribution < -0.4 is 5.73 Å². The number of nitrogen functional groups attached to an aromatic ring is 1. The number of nitrogens with two attached hydrogens (primary N) is 1. The van der Waals surface area contributed by atoms with Gasteiger partial charge in [0.1, 0.15) is 0 Å². The zero-order chi connectivity index (χ0) is 11.5. The number of benzene rings is 2. The third kappa shape index (κ3) is 2.34. The average Bonchev–Trinajstić information content (AvgIpc) is 2.26. The van der Waals surface area contributed by atoms with Crippen LogP contribution in [0.15, 0.2) is 52.3 Å². The molecule has 3 heteroatoms. The van der Waals surface area contributed by atoms with E-state index in [0.29, 0.717) is 5.02 Å². The van der Waals surface area contributed by atoms with E-state index in [1.807, 2.05) is 30.3 Å². The van der Waals surface area contributed by atoms with Gasteiger partial charge in [-0.2, -0.15) is 0 Å². The van der Waals surface area contributed by atoms with Gasteiger partial charge in [-0.25, -0.2) is 0 Å². The van der Waals surface area contributed by atoms with Crippen molar-refractivity contribution in [3.05, 3.63) is 53.1 Å². The Morgan fingerprint density at radius 1 is 1.06 bits per heavy atom. The standard InChI is InChI=1S/C13H12ClNS/c1-9-5-2-3-8-12(9)16-13-10(14)6-4-7-11(13)15/h2-8H,15H2,1H3. The lowest BCUT2D eigenvalue weighted by Gasteiger charge is -2.09. The fourth-order valence-electron chi connectivity index (χ4n) is 1.41. The van der Waals surface area contributed by atoms with Gasteiger partial charge in [0, 0.05) is 10.6 Å². The minimum Gasteiger partial charge on any atom is -0.398 e. The lowest BCUT2D eigenvalue weighted by molar-refractivity contribution is 1.29. The van der Waals surface area contributed by atoms with E-state index in [9.17, 15) is 0 Å². The van der Waals surface area contributed by atoms with E-state index < -0.39 is 0 Å². The van der Waals surface area contributed by atoms with Gasteiger partial charge in [0.2, 0.25) is 0 Å². The molecule has 16 heavy (non-hydrogen) atoms. The van der Waals surface area contributed by atoms with Crippen molar-refractivity contribution < 1.29 is 0 Å². The van der Waals surface area contributed by atoms with Crippen LogP contribution >= 0.6 is 23.4 Å². The molecule has 0 atom stereocenters. The van der Waals surface area contributed by atoms with Crippen LogP contribution in [0.1, 0.15) is 5.56 Å². The zero-order valence-electron chi connectivity index (χ0n) is 8.91. The fraction of sp³-hybridized carbons (Fsp3) is 0.0769. The molecule has 0 bridgehead atoms. The van der Waals surface area contributed by atoms with Crippen LogP contribution in [-0.4, -0.2) is 0 Å². The molecule has 0 saturated heterocycles. The number of halogens is 1. The first-order chi connectivity index (χ1) is 7.68.